The molecule has 1 amide bonds. The van der Waals surface area contributed by atoms with E-state index in [4.69, 9.17) is 15.2 Å². The molecule has 1 aromatic rings. The molecule has 2 rings (SSSR count). The summed E-state index contributed by atoms with van der Waals surface area (Å²) in [5.41, 5.74) is 6.66. The van der Waals surface area contributed by atoms with Gasteiger partial charge in [-0.15, -0.1) is 0 Å². The number of anilines is 1. The number of nitrogens with one attached hydrogen (secondary N) is 1. The summed E-state index contributed by atoms with van der Waals surface area (Å²) in [6.45, 7) is 5.60. The lowest BCUT2D eigenvalue weighted by Gasteiger charge is -2.32. The van der Waals surface area contributed by atoms with Crippen LogP contribution in [0.2, 0.25) is 0 Å². The largest absolute Gasteiger partial charge is 0.496 e. The number of nitrogens with zero attached hydrogens (tertiary/aromatic N) is 2. The van der Waals surface area contributed by atoms with Crippen LogP contribution in [-0.4, -0.2) is 76.2 Å². The molecule has 0 radical (unpaired) electrons. The van der Waals surface area contributed by atoms with Crippen molar-refractivity contribution in [3.8, 4) is 11.5 Å². The zero-order valence-electron chi connectivity index (χ0n) is 14.1. The third-order valence-electron chi connectivity index (χ3n) is 4.06. The maximum absolute atomic E-state index is 12.5. The van der Waals surface area contributed by atoms with Crippen LogP contribution >= 0.6 is 0 Å². The quantitative estimate of drug-likeness (QED) is 0.732. The van der Waals surface area contributed by atoms with Crippen LogP contribution in [0.25, 0.3) is 0 Å². The van der Waals surface area contributed by atoms with E-state index < -0.39 is 0 Å². The van der Waals surface area contributed by atoms with Crippen LogP contribution in [0, 0.1) is 0 Å². The number of methoxy groups -OCH3 is 2. The SMILES string of the molecule is COc1cc(N)cc(OC)c1C(=O)NCCN1CCN(C)CC1. The van der Waals surface area contributed by atoms with Crippen molar-refractivity contribution in [2.75, 3.05) is 66.3 Å². The highest BCUT2D eigenvalue weighted by Gasteiger charge is 2.20. The number of hydrogen-bond donors (Lipinski definition) is 2. The number of carbonyl (C=O) groups is 1. The Hall–Kier alpha value is -1.99. The Labute approximate surface area is 137 Å². The fraction of sp³-hybridized carbons (Fsp3) is 0.562. The zero-order chi connectivity index (χ0) is 16.8. The van der Waals surface area contributed by atoms with Crippen LogP contribution in [0.4, 0.5) is 5.69 Å². The number of nitrogens with two attached hydrogens (primary N) is 1. The number of rotatable bonds is 6. The van der Waals surface area contributed by atoms with Crippen LogP contribution in [-0.2, 0) is 0 Å². The molecule has 1 aromatic carbocycles. The predicted molar refractivity (Wildman–Crippen MR) is 90.2 cm³/mol. The van der Waals surface area contributed by atoms with Gasteiger partial charge in [-0.2, -0.15) is 0 Å². The predicted octanol–water partition coefficient (Wildman–Crippen LogP) is 0.263. The number of piperazine rings is 1. The lowest BCUT2D eigenvalue weighted by atomic mass is 10.1. The normalized spacial score (nSPS) is 16.1. The Morgan fingerprint density at radius 3 is 2.26 bits per heavy atom. The van der Waals surface area contributed by atoms with Gasteiger partial charge in [-0.1, -0.05) is 0 Å². The Morgan fingerprint density at radius 1 is 1.17 bits per heavy atom. The molecule has 1 heterocycles. The molecule has 1 aliphatic heterocycles. The van der Waals surface area contributed by atoms with Crippen molar-refractivity contribution in [3.63, 3.8) is 0 Å². The third-order valence-corrected chi connectivity index (χ3v) is 4.06. The highest BCUT2D eigenvalue weighted by atomic mass is 16.5. The van der Waals surface area contributed by atoms with E-state index in [1.807, 2.05) is 0 Å². The van der Waals surface area contributed by atoms with E-state index in [0.29, 0.717) is 29.3 Å². The van der Waals surface area contributed by atoms with Crippen molar-refractivity contribution in [1.82, 2.24) is 15.1 Å². The average molecular weight is 322 g/mol. The first kappa shape index (κ1) is 17.4. The minimum absolute atomic E-state index is 0.215. The van der Waals surface area contributed by atoms with Crippen LogP contribution in [0.5, 0.6) is 11.5 Å². The van der Waals surface area contributed by atoms with Crippen LogP contribution < -0.4 is 20.5 Å². The molecule has 0 bridgehead atoms. The van der Waals surface area contributed by atoms with E-state index >= 15 is 0 Å². The summed E-state index contributed by atoms with van der Waals surface area (Å²) in [5.74, 6) is 0.616. The molecule has 23 heavy (non-hydrogen) atoms. The van der Waals surface area contributed by atoms with E-state index in [-0.39, 0.29) is 5.91 Å². The maximum Gasteiger partial charge on any atom is 0.258 e. The Kier molecular flexibility index (Phi) is 6.06. The standard InChI is InChI=1S/C16H26N4O3/c1-19-6-8-20(9-7-19)5-4-18-16(21)15-13(22-2)10-12(17)11-14(15)23-3/h10-11H,4-9,17H2,1-3H3,(H,18,21). The molecule has 0 unspecified atom stereocenters. The van der Waals surface area contributed by atoms with Crippen LogP contribution in [0.15, 0.2) is 12.1 Å². The van der Waals surface area contributed by atoms with Crippen molar-refractivity contribution in [1.29, 1.82) is 0 Å². The molecule has 1 saturated heterocycles. The van der Waals surface area contributed by atoms with Crippen LogP contribution in [0.3, 0.4) is 0 Å². The van der Waals surface area contributed by atoms with Gasteiger partial charge >= 0.3 is 0 Å². The van der Waals surface area contributed by atoms with Crippen molar-refractivity contribution < 1.29 is 14.3 Å². The second-order valence-corrected chi connectivity index (χ2v) is 5.70. The summed E-state index contributed by atoms with van der Waals surface area (Å²) >= 11 is 0. The molecule has 7 heteroatoms. The first-order valence-corrected chi connectivity index (χ1v) is 7.75. The molecule has 3 N–H and O–H groups in total. The van der Waals surface area contributed by atoms with E-state index in [9.17, 15) is 4.79 Å². The van der Waals surface area contributed by atoms with Gasteiger partial charge in [0.25, 0.3) is 5.91 Å². The summed E-state index contributed by atoms with van der Waals surface area (Å²) < 4.78 is 10.5. The second-order valence-electron chi connectivity index (χ2n) is 5.70. The van der Waals surface area contributed by atoms with Gasteiger partial charge in [0.2, 0.25) is 0 Å². The monoisotopic (exact) mass is 322 g/mol. The molecule has 7 nitrogen and oxygen atoms in total. The number of amides is 1. The fourth-order valence-corrected chi connectivity index (χ4v) is 2.64. The lowest BCUT2D eigenvalue weighted by Crippen LogP contribution is -2.46. The molecule has 0 saturated carbocycles. The summed E-state index contributed by atoms with van der Waals surface area (Å²) in [4.78, 5) is 17.1. The van der Waals surface area contributed by atoms with Gasteiger partial charge in [-0.05, 0) is 7.05 Å². The second kappa shape index (κ2) is 8.03. The maximum atomic E-state index is 12.5. The Bertz CT molecular complexity index is 517. The number of carbonyl (C=O) groups excluding carboxylic acids is 1. The van der Waals surface area contributed by atoms with Crippen molar-refractivity contribution in [2.45, 2.75) is 0 Å². The van der Waals surface area contributed by atoms with Crippen molar-refractivity contribution >= 4 is 11.6 Å². The fourth-order valence-electron chi connectivity index (χ4n) is 2.64. The highest BCUT2D eigenvalue weighted by Crippen LogP contribution is 2.31. The summed E-state index contributed by atoms with van der Waals surface area (Å²) in [7, 11) is 5.14. The van der Waals surface area contributed by atoms with Gasteiger partial charge in [-0.25, -0.2) is 0 Å². The van der Waals surface area contributed by atoms with Gasteiger partial charge < -0.3 is 25.4 Å². The minimum atomic E-state index is -0.215. The average Bonchev–Trinajstić information content (AvgIpc) is 2.55. The van der Waals surface area contributed by atoms with E-state index in [1.54, 1.807) is 12.1 Å². The molecule has 1 aliphatic rings. The molecule has 0 atom stereocenters. The molecular weight excluding hydrogens is 296 g/mol. The van der Waals surface area contributed by atoms with E-state index in [2.05, 4.69) is 22.2 Å². The molecule has 128 valence electrons. The van der Waals surface area contributed by atoms with E-state index in [0.717, 1.165) is 32.7 Å². The van der Waals surface area contributed by atoms with Gasteiger partial charge in [0.1, 0.15) is 17.1 Å². The number of ether oxygens (including phenoxy) is 2. The molecular formula is C16H26N4O3. The summed E-state index contributed by atoms with van der Waals surface area (Å²) in [6.07, 6.45) is 0. The van der Waals surface area contributed by atoms with Gasteiger partial charge in [-0.3, -0.25) is 9.69 Å². The van der Waals surface area contributed by atoms with Crippen molar-refractivity contribution in [2.24, 2.45) is 0 Å². The molecule has 0 spiro atoms. The Morgan fingerprint density at radius 2 is 1.74 bits per heavy atom. The topological polar surface area (TPSA) is 80.1 Å². The summed E-state index contributed by atoms with van der Waals surface area (Å²) in [6, 6.07) is 3.25. The third kappa shape index (κ3) is 4.49. The van der Waals surface area contributed by atoms with Gasteiger partial charge in [0.15, 0.2) is 0 Å². The first-order chi connectivity index (χ1) is 11.0. The lowest BCUT2D eigenvalue weighted by molar-refractivity contribution is 0.0935. The molecule has 0 aromatic heterocycles. The first-order valence-electron chi connectivity index (χ1n) is 7.75. The zero-order valence-corrected chi connectivity index (χ0v) is 14.1. The van der Waals surface area contributed by atoms with Crippen molar-refractivity contribution in [3.05, 3.63) is 17.7 Å². The van der Waals surface area contributed by atoms with E-state index in [1.165, 1.54) is 14.2 Å². The smallest absolute Gasteiger partial charge is 0.258 e. The number of hydrogen-bond acceptors (Lipinski definition) is 6. The highest BCUT2D eigenvalue weighted by molar-refractivity contribution is 6.00. The van der Waals surface area contributed by atoms with Crippen LogP contribution in [0.1, 0.15) is 10.4 Å². The summed E-state index contributed by atoms with van der Waals surface area (Å²) in [5, 5.41) is 2.93. The number of likely N-dealkylation sites (N-methyl/N-ethyl adjacent to an activating group) is 1. The Balaban J connectivity index is 1.95. The van der Waals surface area contributed by atoms with Gasteiger partial charge in [0, 0.05) is 57.1 Å². The molecule has 1 fully saturated rings. The number of nitrogen functional groups attached to an aromatic ring is 1. The molecule has 0 aliphatic carbocycles. The number of benzene rings is 1. The minimum Gasteiger partial charge on any atom is -0.496 e. The van der Waals surface area contributed by atoms with Gasteiger partial charge in [0.05, 0.1) is 14.2 Å².